The van der Waals surface area contributed by atoms with Gasteiger partial charge in [-0.2, -0.15) is 9.78 Å². The highest BCUT2D eigenvalue weighted by Gasteiger charge is 2.12. The van der Waals surface area contributed by atoms with Gasteiger partial charge in [-0.15, -0.1) is 0 Å². The van der Waals surface area contributed by atoms with E-state index in [0.29, 0.717) is 29.8 Å². The molecular weight excluding hydrogens is 540 g/mol. The first kappa shape index (κ1) is 25.7. The van der Waals surface area contributed by atoms with E-state index < -0.39 is 0 Å². The summed E-state index contributed by atoms with van der Waals surface area (Å²) < 4.78 is 10.4. The van der Waals surface area contributed by atoms with Gasteiger partial charge < -0.3 is 9.30 Å². The first-order chi connectivity index (χ1) is 18.3. The second-order valence-electron chi connectivity index (χ2n) is 9.34. The van der Waals surface area contributed by atoms with E-state index in [1.807, 2.05) is 37.3 Å². The van der Waals surface area contributed by atoms with E-state index in [9.17, 15) is 4.79 Å². The van der Waals surface area contributed by atoms with Gasteiger partial charge in [0, 0.05) is 33.5 Å². The van der Waals surface area contributed by atoms with E-state index in [0.717, 1.165) is 38.4 Å². The van der Waals surface area contributed by atoms with Gasteiger partial charge in [0.15, 0.2) is 0 Å². The van der Waals surface area contributed by atoms with Crippen LogP contribution in [0, 0.1) is 20.8 Å². The van der Waals surface area contributed by atoms with Crippen molar-refractivity contribution in [3.63, 3.8) is 0 Å². The first-order valence-electron chi connectivity index (χ1n) is 12.6. The number of ether oxygens (including phenoxy) is 1. The van der Waals surface area contributed by atoms with E-state index in [2.05, 4.69) is 87.8 Å². The second kappa shape index (κ2) is 10.8. The summed E-state index contributed by atoms with van der Waals surface area (Å²) in [6.07, 6.45) is 2.33. The third kappa shape index (κ3) is 5.20. The minimum atomic E-state index is -0.181. The average Bonchev–Trinajstić information content (AvgIpc) is 3.20. The molecule has 2 aromatic heterocycles. The molecule has 0 amide bonds. The molecule has 0 N–H and O–H groups in total. The van der Waals surface area contributed by atoms with Crippen LogP contribution in [0.2, 0.25) is 0 Å². The number of rotatable bonds is 7. The van der Waals surface area contributed by atoms with E-state index in [-0.39, 0.29) is 5.56 Å². The molecular formula is C31H29BrN4O2. The van der Waals surface area contributed by atoms with Crippen LogP contribution in [0.25, 0.3) is 16.6 Å². The van der Waals surface area contributed by atoms with Crippen molar-refractivity contribution in [2.24, 2.45) is 5.10 Å². The molecule has 0 aliphatic rings. The largest absolute Gasteiger partial charge is 0.489 e. The average molecular weight is 570 g/mol. The van der Waals surface area contributed by atoms with Gasteiger partial charge >= 0.3 is 0 Å². The van der Waals surface area contributed by atoms with E-state index in [1.165, 1.54) is 10.2 Å². The molecule has 7 heteroatoms. The van der Waals surface area contributed by atoms with Crippen LogP contribution < -0.4 is 10.3 Å². The van der Waals surface area contributed by atoms with Crippen LogP contribution in [0.5, 0.6) is 5.75 Å². The molecule has 192 valence electrons. The lowest BCUT2D eigenvalue weighted by Crippen LogP contribution is -2.22. The third-order valence-electron chi connectivity index (χ3n) is 6.56. The molecule has 0 fully saturated rings. The Morgan fingerprint density at radius 1 is 1.00 bits per heavy atom. The van der Waals surface area contributed by atoms with Crippen molar-refractivity contribution in [3.8, 4) is 11.4 Å². The standard InChI is InChI=1S/C31H29BrN4O2/c1-5-30-34-29-14-9-25(32)17-28(29)31(37)36(30)33-18-24-16-21(3)35(22(24)4)26-10-12-27(13-11-26)38-19-23-8-6-7-20(2)15-23/h6-18H,5,19H2,1-4H3. The Hall–Kier alpha value is -3.97. The van der Waals surface area contributed by atoms with Gasteiger partial charge in [0.2, 0.25) is 0 Å². The quantitative estimate of drug-likeness (QED) is 0.201. The molecule has 0 bridgehead atoms. The number of halogens is 1. The Balaban J connectivity index is 1.40. The molecule has 5 aromatic rings. The maximum atomic E-state index is 13.2. The van der Waals surface area contributed by atoms with E-state index in [4.69, 9.17) is 4.74 Å². The normalized spacial score (nSPS) is 11.5. The fourth-order valence-corrected chi connectivity index (χ4v) is 5.00. The number of benzene rings is 3. The predicted molar refractivity (Wildman–Crippen MR) is 157 cm³/mol. The topological polar surface area (TPSA) is 61.4 Å². The summed E-state index contributed by atoms with van der Waals surface area (Å²) in [4.78, 5) is 17.9. The summed E-state index contributed by atoms with van der Waals surface area (Å²) in [7, 11) is 0. The molecule has 0 radical (unpaired) electrons. The lowest BCUT2D eigenvalue weighted by molar-refractivity contribution is 0.306. The molecule has 0 spiro atoms. The Labute approximate surface area is 230 Å². The third-order valence-corrected chi connectivity index (χ3v) is 7.05. The number of aromatic nitrogens is 3. The minimum absolute atomic E-state index is 0.181. The van der Waals surface area contributed by atoms with Crippen LogP contribution in [0.15, 0.2) is 87.2 Å². The predicted octanol–water partition coefficient (Wildman–Crippen LogP) is 6.90. The van der Waals surface area contributed by atoms with Gasteiger partial charge in [-0.3, -0.25) is 4.79 Å². The van der Waals surface area contributed by atoms with Crippen LogP contribution in [-0.4, -0.2) is 20.4 Å². The van der Waals surface area contributed by atoms with Crippen molar-refractivity contribution in [2.45, 2.75) is 40.7 Å². The lowest BCUT2D eigenvalue weighted by atomic mass is 10.1. The number of hydrogen-bond donors (Lipinski definition) is 0. The maximum Gasteiger partial charge on any atom is 0.282 e. The monoisotopic (exact) mass is 568 g/mol. The van der Waals surface area contributed by atoms with Crippen LogP contribution >= 0.6 is 15.9 Å². The lowest BCUT2D eigenvalue weighted by Gasteiger charge is -2.12. The molecule has 0 atom stereocenters. The van der Waals surface area contributed by atoms with Gasteiger partial charge in [0.05, 0.1) is 17.1 Å². The first-order valence-corrected chi connectivity index (χ1v) is 13.4. The number of hydrogen-bond acceptors (Lipinski definition) is 4. The van der Waals surface area contributed by atoms with Crippen molar-refractivity contribution in [3.05, 3.63) is 122 Å². The van der Waals surface area contributed by atoms with Gasteiger partial charge in [-0.25, -0.2) is 4.98 Å². The molecule has 0 aliphatic heterocycles. The molecule has 0 saturated heterocycles. The highest BCUT2D eigenvalue weighted by Crippen LogP contribution is 2.23. The number of aryl methyl sites for hydroxylation is 3. The van der Waals surface area contributed by atoms with Crippen LogP contribution in [0.4, 0.5) is 0 Å². The molecule has 3 aromatic carbocycles. The summed E-state index contributed by atoms with van der Waals surface area (Å²) in [6, 6.07) is 24.0. The molecule has 0 unspecified atom stereocenters. The van der Waals surface area contributed by atoms with E-state index >= 15 is 0 Å². The Morgan fingerprint density at radius 3 is 2.53 bits per heavy atom. The molecule has 5 rings (SSSR count). The minimum Gasteiger partial charge on any atom is -0.489 e. The van der Waals surface area contributed by atoms with Crippen LogP contribution in [0.1, 0.15) is 40.8 Å². The second-order valence-corrected chi connectivity index (χ2v) is 10.3. The Bertz CT molecular complexity index is 1720. The Morgan fingerprint density at radius 2 is 1.79 bits per heavy atom. The van der Waals surface area contributed by atoms with Crippen molar-refractivity contribution in [1.82, 2.24) is 14.2 Å². The van der Waals surface area contributed by atoms with Crippen molar-refractivity contribution in [2.75, 3.05) is 0 Å². The maximum absolute atomic E-state index is 13.2. The van der Waals surface area contributed by atoms with Gasteiger partial charge in [0.25, 0.3) is 5.56 Å². The fourth-order valence-electron chi connectivity index (χ4n) is 4.64. The van der Waals surface area contributed by atoms with Gasteiger partial charge in [-0.05, 0) is 74.9 Å². The highest BCUT2D eigenvalue weighted by atomic mass is 79.9. The number of nitrogens with zero attached hydrogens (tertiary/aromatic N) is 4. The van der Waals surface area contributed by atoms with Gasteiger partial charge in [-0.1, -0.05) is 52.7 Å². The fraction of sp³-hybridized carbons (Fsp3) is 0.194. The number of fused-ring (bicyclic) bond motifs is 1. The molecule has 2 heterocycles. The zero-order valence-electron chi connectivity index (χ0n) is 21.9. The van der Waals surface area contributed by atoms with Crippen molar-refractivity contribution >= 4 is 33.0 Å². The summed E-state index contributed by atoms with van der Waals surface area (Å²) in [5, 5.41) is 5.11. The summed E-state index contributed by atoms with van der Waals surface area (Å²) in [5.74, 6) is 1.44. The Kier molecular flexibility index (Phi) is 7.29. The van der Waals surface area contributed by atoms with Gasteiger partial charge in [0.1, 0.15) is 18.2 Å². The molecule has 38 heavy (non-hydrogen) atoms. The summed E-state index contributed by atoms with van der Waals surface area (Å²) in [6.45, 7) is 8.69. The summed E-state index contributed by atoms with van der Waals surface area (Å²) >= 11 is 3.45. The van der Waals surface area contributed by atoms with Crippen LogP contribution in [-0.2, 0) is 13.0 Å². The molecule has 6 nitrogen and oxygen atoms in total. The molecule has 0 aliphatic carbocycles. The van der Waals surface area contributed by atoms with Crippen molar-refractivity contribution in [1.29, 1.82) is 0 Å². The van der Waals surface area contributed by atoms with Crippen molar-refractivity contribution < 1.29 is 4.74 Å². The summed E-state index contributed by atoms with van der Waals surface area (Å²) in [5.41, 5.74) is 6.93. The van der Waals surface area contributed by atoms with Crippen LogP contribution in [0.3, 0.4) is 0 Å². The molecule has 0 saturated carbocycles. The SMILES string of the molecule is CCc1nc2ccc(Br)cc2c(=O)n1N=Cc1cc(C)n(-c2ccc(OCc3cccc(C)c3)cc2)c1C. The highest BCUT2D eigenvalue weighted by molar-refractivity contribution is 9.10. The zero-order valence-corrected chi connectivity index (χ0v) is 23.5. The zero-order chi connectivity index (χ0) is 26.8. The smallest absolute Gasteiger partial charge is 0.282 e. The van der Waals surface area contributed by atoms with E-state index in [1.54, 1.807) is 12.3 Å².